The van der Waals surface area contributed by atoms with E-state index in [-0.39, 0.29) is 23.4 Å². The molecule has 1 amide bonds. The maximum atomic E-state index is 13.3. The maximum Gasteiger partial charge on any atom is 0.226 e. The summed E-state index contributed by atoms with van der Waals surface area (Å²) in [6.07, 6.45) is 0.887. The van der Waals surface area contributed by atoms with Crippen LogP contribution < -0.4 is 5.32 Å². The zero-order valence-electron chi connectivity index (χ0n) is 13.6. The van der Waals surface area contributed by atoms with Gasteiger partial charge in [-0.1, -0.05) is 0 Å². The lowest BCUT2D eigenvalue weighted by Crippen LogP contribution is -2.35. The Morgan fingerprint density at radius 3 is 2.75 bits per heavy atom. The molecule has 0 aliphatic carbocycles. The molecule has 2 aromatic rings. The normalized spacial score (nSPS) is 18.1. The second-order valence-corrected chi connectivity index (χ2v) is 6.10. The molecule has 0 unspecified atom stereocenters. The number of nitrogens with zero attached hydrogens (tertiary/aromatic N) is 2. The average Bonchev–Trinajstić information content (AvgIpc) is 3.05. The van der Waals surface area contributed by atoms with Gasteiger partial charge in [0.05, 0.1) is 5.69 Å². The molecular weight excluding hydrogens is 316 g/mol. The fourth-order valence-corrected chi connectivity index (χ4v) is 2.97. The van der Waals surface area contributed by atoms with E-state index in [0.29, 0.717) is 12.3 Å². The summed E-state index contributed by atoms with van der Waals surface area (Å²) in [6, 6.07) is 3.35. The van der Waals surface area contributed by atoms with Crippen LogP contribution in [-0.4, -0.2) is 34.9 Å². The molecule has 1 aromatic heterocycles. The molecule has 0 bridgehead atoms. The van der Waals surface area contributed by atoms with Crippen molar-refractivity contribution in [3.05, 3.63) is 41.3 Å². The number of oxazole rings is 1. The Balaban J connectivity index is 1.72. The van der Waals surface area contributed by atoms with Crippen LogP contribution in [0, 0.1) is 18.6 Å². The summed E-state index contributed by atoms with van der Waals surface area (Å²) < 4.78 is 32.3. The molecule has 0 saturated carbocycles. The zero-order chi connectivity index (χ0) is 17.3. The minimum Gasteiger partial charge on any atom is -0.441 e. The lowest BCUT2D eigenvalue weighted by molar-refractivity contribution is -0.119. The van der Waals surface area contributed by atoms with Crippen LogP contribution in [0.2, 0.25) is 0 Å². The maximum absolute atomic E-state index is 13.3. The Morgan fingerprint density at radius 1 is 1.38 bits per heavy atom. The predicted octanol–water partition coefficient (Wildman–Crippen LogP) is 2.64. The molecule has 24 heavy (non-hydrogen) atoms. The smallest absolute Gasteiger partial charge is 0.226 e. The van der Waals surface area contributed by atoms with Gasteiger partial charge in [-0.25, -0.2) is 13.8 Å². The molecule has 2 heterocycles. The molecule has 7 heteroatoms. The summed E-state index contributed by atoms with van der Waals surface area (Å²) in [7, 11) is 0. The van der Waals surface area contributed by atoms with E-state index in [1.54, 1.807) is 6.92 Å². The van der Waals surface area contributed by atoms with Gasteiger partial charge in [0, 0.05) is 44.2 Å². The van der Waals surface area contributed by atoms with Gasteiger partial charge in [-0.3, -0.25) is 9.69 Å². The number of hydrogen-bond donors (Lipinski definition) is 1. The molecule has 1 aliphatic heterocycles. The molecule has 3 rings (SSSR count). The van der Waals surface area contributed by atoms with Crippen molar-refractivity contribution >= 4 is 5.91 Å². The summed E-state index contributed by atoms with van der Waals surface area (Å²) in [6.45, 7) is 5.46. The number of amides is 1. The first-order chi connectivity index (χ1) is 11.4. The van der Waals surface area contributed by atoms with E-state index in [1.807, 2.05) is 0 Å². The SMILES string of the molecule is CC(=O)N[C@@H]1CCN(Cc2nc(-c3cc(F)cc(F)c3)oc2C)C1. The summed E-state index contributed by atoms with van der Waals surface area (Å²) in [5, 5.41) is 2.91. The number of aryl methyl sites for hydroxylation is 1. The summed E-state index contributed by atoms with van der Waals surface area (Å²) in [4.78, 5) is 17.7. The average molecular weight is 335 g/mol. The Bertz CT molecular complexity index is 740. The molecular formula is C17H19F2N3O2. The number of carbonyl (C=O) groups is 1. The molecule has 128 valence electrons. The summed E-state index contributed by atoms with van der Waals surface area (Å²) in [5.74, 6) is -0.536. The quantitative estimate of drug-likeness (QED) is 0.933. The molecule has 1 aromatic carbocycles. The third-order valence-corrected chi connectivity index (χ3v) is 4.06. The molecule has 1 saturated heterocycles. The second-order valence-electron chi connectivity index (χ2n) is 6.10. The third kappa shape index (κ3) is 3.79. The molecule has 0 spiro atoms. The Morgan fingerprint density at radius 2 is 2.08 bits per heavy atom. The van der Waals surface area contributed by atoms with Crippen molar-refractivity contribution in [2.45, 2.75) is 32.9 Å². The van der Waals surface area contributed by atoms with E-state index in [1.165, 1.54) is 19.1 Å². The van der Waals surface area contributed by atoms with Crippen LogP contribution in [0.1, 0.15) is 24.8 Å². The number of benzene rings is 1. The minimum atomic E-state index is -0.667. The molecule has 1 fully saturated rings. The van der Waals surface area contributed by atoms with Crippen molar-refractivity contribution < 1.29 is 18.0 Å². The zero-order valence-corrected chi connectivity index (χ0v) is 13.6. The number of nitrogens with one attached hydrogen (secondary N) is 1. The second kappa shape index (κ2) is 6.68. The molecule has 1 N–H and O–H groups in total. The third-order valence-electron chi connectivity index (χ3n) is 4.06. The predicted molar refractivity (Wildman–Crippen MR) is 84.1 cm³/mol. The van der Waals surface area contributed by atoms with Crippen molar-refractivity contribution in [3.63, 3.8) is 0 Å². The van der Waals surface area contributed by atoms with Gasteiger partial charge in [0.15, 0.2) is 0 Å². The highest BCUT2D eigenvalue weighted by molar-refractivity contribution is 5.73. The van der Waals surface area contributed by atoms with Crippen molar-refractivity contribution in [1.29, 1.82) is 0 Å². The highest BCUT2D eigenvalue weighted by atomic mass is 19.1. The van der Waals surface area contributed by atoms with Gasteiger partial charge in [-0.15, -0.1) is 0 Å². The van der Waals surface area contributed by atoms with Crippen LogP contribution in [0.25, 0.3) is 11.5 Å². The number of aromatic nitrogens is 1. The Labute approximate surface area is 138 Å². The number of carbonyl (C=O) groups excluding carboxylic acids is 1. The van der Waals surface area contributed by atoms with Crippen molar-refractivity contribution in [3.8, 4) is 11.5 Å². The lowest BCUT2D eigenvalue weighted by Gasteiger charge is -2.15. The van der Waals surface area contributed by atoms with Gasteiger partial charge in [0.25, 0.3) is 0 Å². The first kappa shape index (κ1) is 16.6. The fourth-order valence-electron chi connectivity index (χ4n) is 2.97. The number of rotatable bonds is 4. The number of likely N-dealkylation sites (tertiary alicyclic amines) is 1. The van der Waals surface area contributed by atoms with Crippen molar-refractivity contribution in [2.75, 3.05) is 13.1 Å². The largest absolute Gasteiger partial charge is 0.441 e. The Kier molecular flexibility index (Phi) is 4.62. The monoisotopic (exact) mass is 335 g/mol. The first-order valence-electron chi connectivity index (χ1n) is 7.83. The topological polar surface area (TPSA) is 58.4 Å². The van der Waals surface area contributed by atoms with E-state index in [4.69, 9.17) is 4.42 Å². The van der Waals surface area contributed by atoms with Gasteiger partial charge in [0.1, 0.15) is 17.4 Å². The lowest BCUT2D eigenvalue weighted by atomic mass is 10.2. The van der Waals surface area contributed by atoms with Crippen LogP contribution in [0.3, 0.4) is 0 Å². The highest BCUT2D eigenvalue weighted by Gasteiger charge is 2.25. The molecule has 1 atom stereocenters. The van der Waals surface area contributed by atoms with E-state index in [9.17, 15) is 13.6 Å². The van der Waals surface area contributed by atoms with Crippen molar-refractivity contribution in [2.24, 2.45) is 0 Å². The Hall–Kier alpha value is -2.28. The number of halogens is 2. The standard InChI is InChI=1S/C17H19F2N3O2/c1-10-16(9-22-4-3-15(8-22)20-11(2)23)21-17(24-10)12-5-13(18)7-14(19)6-12/h5-7,15H,3-4,8-9H2,1-2H3,(H,20,23)/t15-/m1/s1. The van der Waals surface area contributed by atoms with Crippen molar-refractivity contribution in [1.82, 2.24) is 15.2 Å². The van der Waals surface area contributed by atoms with Gasteiger partial charge < -0.3 is 9.73 Å². The number of hydrogen-bond acceptors (Lipinski definition) is 4. The van der Waals surface area contributed by atoms with Crippen LogP contribution in [0.15, 0.2) is 22.6 Å². The molecule has 5 nitrogen and oxygen atoms in total. The van der Waals surface area contributed by atoms with Gasteiger partial charge in [-0.05, 0) is 25.5 Å². The first-order valence-corrected chi connectivity index (χ1v) is 7.83. The summed E-state index contributed by atoms with van der Waals surface area (Å²) in [5.41, 5.74) is 1.01. The van der Waals surface area contributed by atoms with Crippen LogP contribution in [-0.2, 0) is 11.3 Å². The van der Waals surface area contributed by atoms with Gasteiger partial charge in [-0.2, -0.15) is 0 Å². The molecule has 1 aliphatic rings. The van der Waals surface area contributed by atoms with E-state index in [2.05, 4.69) is 15.2 Å². The minimum absolute atomic E-state index is 0.0325. The van der Waals surface area contributed by atoms with E-state index in [0.717, 1.165) is 31.3 Å². The van der Waals surface area contributed by atoms with Crippen LogP contribution in [0.4, 0.5) is 8.78 Å². The van der Waals surface area contributed by atoms with Gasteiger partial charge in [0.2, 0.25) is 11.8 Å². The van der Waals surface area contributed by atoms with Gasteiger partial charge >= 0.3 is 0 Å². The van der Waals surface area contributed by atoms with E-state index < -0.39 is 11.6 Å². The fraction of sp³-hybridized carbons (Fsp3) is 0.412. The summed E-state index contributed by atoms with van der Waals surface area (Å²) >= 11 is 0. The van der Waals surface area contributed by atoms with E-state index >= 15 is 0 Å². The van der Waals surface area contributed by atoms with Crippen LogP contribution in [0.5, 0.6) is 0 Å². The highest BCUT2D eigenvalue weighted by Crippen LogP contribution is 2.25. The molecule has 0 radical (unpaired) electrons. The van der Waals surface area contributed by atoms with Crippen LogP contribution >= 0.6 is 0 Å².